The van der Waals surface area contributed by atoms with Crippen LogP contribution in [0.15, 0.2) is 55.4 Å². The van der Waals surface area contributed by atoms with Crippen molar-refractivity contribution in [2.45, 2.75) is 5.79 Å². The van der Waals surface area contributed by atoms with Crippen LogP contribution in [0.2, 0.25) is 0 Å². The minimum Gasteiger partial charge on any atom is -0.339 e. The van der Waals surface area contributed by atoms with Gasteiger partial charge in [0, 0.05) is 11.6 Å². The van der Waals surface area contributed by atoms with Gasteiger partial charge in [0.1, 0.15) is 0 Å². The molecule has 114 valence electrons. The quantitative estimate of drug-likeness (QED) is 0.325. The lowest BCUT2D eigenvalue weighted by Gasteiger charge is -2.28. The molecule has 22 heavy (non-hydrogen) atoms. The zero-order chi connectivity index (χ0) is 15.4. The largest absolute Gasteiger partial charge is 0.339 e. The fourth-order valence-corrected chi connectivity index (χ4v) is 5.40. The predicted molar refractivity (Wildman–Crippen MR) is 102 cm³/mol. The molecule has 0 bridgehead atoms. The molecule has 0 aromatic rings. The second kappa shape index (κ2) is 7.08. The van der Waals surface area contributed by atoms with E-state index in [0.29, 0.717) is 13.2 Å². The lowest BCUT2D eigenvalue weighted by Crippen LogP contribution is -2.32. The Hall–Kier alpha value is -0.960. The van der Waals surface area contributed by atoms with Crippen LogP contribution in [0, 0.1) is 10.1 Å². The van der Waals surface area contributed by atoms with Crippen molar-refractivity contribution in [3.8, 4) is 0 Å². The summed E-state index contributed by atoms with van der Waals surface area (Å²) in [5.74, 6) is -0.931. The van der Waals surface area contributed by atoms with E-state index in [2.05, 4.69) is 11.4 Å². The zero-order valence-electron chi connectivity index (χ0n) is 11.3. The van der Waals surface area contributed by atoms with E-state index in [0.717, 1.165) is 9.15 Å². The molecule has 0 unspecified atom stereocenters. The smallest absolute Gasteiger partial charge is 0.277 e. The van der Waals surface area contributed by atoms with Crippen molar-refractivity contribution in [3.63, 3.8) is 0 Å². The zero-order valence-corrected chi connectivity index (χ0v) is 15.6. The fraction of sp³-hybridized carbons (Fsp3) is 0.200. The van der Waals surface area contributed by atoms with E-state index >= 15 is 0 Å². The Morgan fingerprint density at radius 3 is 2.82 bits per heavy atom. The van der Waals surface area contributed by atoms with Gasteiger partial charge in [0.05, 0.1) is 27.8 Å². The van der Waals surface area contributed by atoms with E-state index < -0.39 is 31.4 Å². The van der Waals surface area contributed by atoms with Crippen molar-refractivity contribution in [2.24, 2.45) is 0 Å². The molecule has 1 fully saturated rings. The van der Waals surface area contributed by atoms with Crippen molar-refractivity contribution in [1.82, 2.24) is 0 Å². The van der Waals surface area contributed by atoms with E-state index in [-0.39, 0.29) is 26.4 Å². The summed E-state index contributed by atoms with van der Waals surface area (Å²) in [5.41, 5.74) is 0.952. The lowest BCUT2D eigenvalue weighted by molar-refractivity contribution is -0.418. The number of ether oxygens (including phenoxy) is 2. The van der Waals surface area contributed by atoms with Gasteiger partial charge in [-0.1, -0.05) is 7.33 Å². The van der Waals surface area contributed by atoms with Crippen molar-refractivity contribution in [3.05, 3.63) is 65.5 Å². The molecule has 5 nitrogen and oxygen atoms in total. The molecule has 0 spiro atoms. The predicted octanol–water partition coefficient (Wildman–Crippen LogP) is 3.10. The second-order valence-corrected chi connectivity index (χ2v) is 8.61. The molecular formula is C15H11I2NO4. The fourth-order valence-electron chi connectivity index (χ4n) is 2.09. The summed E-state index contributed by atoms with van der Waals surface area (Å²) in [7, 11) is 0. The normalized spacial score (nSPS) is 22.6. The van der Waals surface area contributed by atoms with Crippen LogP contribution in [0.25, 0.3) is 0 Å². The van der Waals surface area contributed by atoms with Crippen molar-refractivity contribution in [1.29, 1.82) is 0 Å². The Bertz CT molecular complexity index is 754. The third kappa shape index (κ3) is 3.19. The van der Waals surface area contributed by atoms with Crippen LogP contribution >= 0.6 is 41.5 Å². The maximum atomic E-state index is 10.9. The van der Waals surface area contributed by atoms with E-state index in [1.54, 1.807) is 6.08 Å². The van der Waals surface area contributed by atoms with E-state index in [9.17, 15) is 10.1 Å². The Balaban J connectivity index is 2.06. The summed E-state index contributed by atoms with van der Waals surface area (Å²) in [6.07, 6.45) is 10.6. The van der Waals surface area contributed by atoms with Gasteiger partial charge in [0.15, 0.2) is 0 Å². The Kier molecular flexibility index (Phi) is 5.12. The summed E-state index contributed by atoms with van der Waals surface area (Å²) in [6.45, 7) is 1.01. The number of nitro groups is 1. The molecule has 0 saturated carbocycles. The van der Waals surface area contributed by atoms with Gasteiger partial charge in [0.25, 0.3) is 5.70 Å². The molecule has 0 aromatic carbocycles. The highest BCUT2D eigenvalue weighted by atomic mass is 127. The third-order valence-corrected chi connectivity index (χ3v) is 6.76. The van der Waals surface area contributed by atoms with E-state index in [1.807, 2.05) is 18.2 Å². The highest BCUT2D eigenvalue weighted by molar-refractivity contribution is 14.2. The summed E-state index contributed by atoms with van der Waals surface area (Å²) in [4.78, 5) is 10.5. The SMILES string of the molecule is O=[N+]([O-])C1=CC=C(C2(C3=CC=C=IC=C3)OCCO2)I=C=C1. The van der Waals surface area contributed by atoms with Gasteiger partial charge in [-0.05, 0) is 69.8 Å². The van der Waals surface area contributed by atoms with E-state index in [4.69, 9.17) is 9.47 Å². The molecule has 3 aliphatic heterocycles. The van der Waals surface area contributed by atoms with Gasteiger partial charge < -0.3 is 9.47 Å². The average Bonchev–Trinajstić information content (AvgIpc) is 2.74. The van der Waals surface area contributed by atoms with Gasteiger partial charge in [-0.15, -0.1) is 0 Å². The van der Waals surface area contributed by atoms with Crippen LogP contribution in [0.5, 0.6) is 0 Å². The van der Waals surface area contributed by atoms with Crippen LogP contribution in [0.3, 0.4) is 0 Å². The van der Waals surface area contributed by atoms with Crippen LogP contribution < -0.4 is 0 Å². The average molecular weight is 523 g/mol. The van der Waals surface area contributed by atoms with Gasteiger partial charge in [-0.3, -0.25) is 10.1 Å². The van der Waals surface area contributed by atoms with Crippen LogP contribution in [-0.4, -0.2) is 31.3 Å². The summed E-state index contributed by atoms with van der Waals surface area (Å²) in [6, 6.07) is 0. The standard InChI is InChI=1S/C15H11I2NO4/c19-18(20)13-3-4-14(17-9-6-13)15(21-10-11-22-15)12-2-1-7-16-8-5-12/h1-6,8H,10-11H2. The minimum atomic E-state index is -0.931. The van der Waals surface area contributed by atoms with Crippen molar-refractivity contribution >= 4 is 48.8 Å². The molecule has 3 aliphatic rings. The van der Waals surface area contributed by atoms with Gasteiger partial charge in [-0.25, -0.2) is 0 Å². The second-order valence-electron chi connectivity index (χ2n) is 4.32. The van der Waals surface area contributed by atoms with Crippen molar-refractivity contribution in [2.75, 3.05) is 13.2 Å². The molecule has 0 atom stereocenters. The molecule has 0 N–H and O–H groups in total. The Morgan fingerprint density at radius 1 is 1.23 bits per heavy atom. The molecule has 1 saturated heterocycles. The summed E-state index contributed by atoms with van der Waals surface area (Å²) >= 11 is -0.882. The van der Waals surface area contributed by atoms with Gasteiger partial charge in [-0.2, -0.15) is 0 Å². The van der Waals surface area contributed by atoms with E-state index in [1.165, 1.54) is 12.2 Å². The maximum Gasteiger partial charge on any atom is 0.277 e. The minimum absolute atomic E-state index is 0.0346. The van der Waals surface area contributed by atoms with Gasteiger partial charge >= 0.3 is 0 Å². The number of allylic oxidation sites excluding steroid dienone is 5. The highest BCUT2D eigenvalue weighted by Crippen LogP contribution is 2.42. The molecule has 0 radical (unpaired) electrons. The molecule has 7 heteroatoms. The molecular weight excluding hydrogens is 512 g/mol. The van der Waals surface area contributed by atoms with Crippen LogP contribution in [0.4, 0.5) is 0 Å². The topological polar surface area (TPSA) is 61.6 Å². The Labute approximate surface area is 147 Å². The molecule has 3 heterocycles. The molecule has 3 rings (SSSR count). The number of nitrogens with zero attached hydrogens (tertiary/aromatic N) is 1. The van der Waals surface area contributed by atoms with Gasteiger partial charge in [0.2, 0.25) is 5.79 Å². The summed E-state index contributed by atoms with van der Waals surface area (Å²) < 4.78 is 21.2. The van der Waals surface area contributed by atoms with Crippen LogP contribution in [0.1, 0.15) is 0 Å². The molecule has 0 amide bonds. The molecule has 0 aliphatic carbocycles. The number of halogens is 2. The Morgan fingerprint density at radius 2 is 2.05 bits per heavy atom. The molecule has 0 aromatic heterocycles. The first-order valence-electron chi connectivity index (χ1n) is 6.38. The third-order valence-electron chi connectivity index (χ3n) is 3.05. The lowest BCUT2D eigenvalue weighted by atomic mass is 10.0. The number of rotatable bonds is 3. The first kappa shape index (κ1) is 15.9. The number of hydrogen-bond acceptors (Lipinski definition) is 4. The first-order chi connectivity index (χ1) is 10.7. The maximum absolute atomic E-state index is 10.9. The van der Waals surface area contributed by atoms with Crippen molar-refractivity contribution < 1.29 is 14.4 Å². The highest BCUT2D eigenvalue weighted by Gasteiger charge is 2.43. The monoisotopic (exact) mass is 523 g/mol. The summed E-state index contributed by atoms with van der Waals surface area (Å²) in [5, 5.41) is 10.9. The first-order valence-corrected chi connectivity index (χ1v) is 10.9. The number of hydrogen-bond donors (Lipinski definition) is 0. The van der Waals surface area contributed by atoms with Crippen LogP contribution in [-0.2, 0) is 9.47 Å².